The minimum Gasteiger partial charge on any atom is -0.454 e. The smallest absolute Gasteiger partial charge is 0.244 e. The molecule has 1 saturated carbocycles. The van der Waals surface area contributed by atoms with Crippen molar-refractivity contribution in [2.75, 3.05) is 6.79 Å². The van der Waals surface area contributed by atoms with Gasteiger partial charge in [0.05, 0.1) is 0 Å². The van der Waals surface area contributed by atoms with Gasteiger partial charge in [0.15, 0.2) is 11.5 Å². The predicted molar refractivity (Wildman–Crippen MR) is 76.6 cm³/mol. The molecule has 1 aromatic carbocycles. The Morgan fingerprint density at radius 1 is 1.15 bits per heavy atom. The van der Waals surface area contributed by atoms with Gasteiger partial charge in [-0.25, -0.2) is 0 Å². The molecule has 3 rings (SSSR count). The number of hydrogen-bond acceptors (Lipinski definition) is 3. The highest BCUT2D eigenvalue weighted by molar-refractivity contribution is 5.92. The van der Waals surface area contributed by atoms with E-state index in [1.54, 1.807) is 12.2 Å². The lowest BCUT2D eigenvalue weighted by Crippen LogP contribution is -2.34. The van der Waals surface area contributed by atoms with Crippen LogP contribution in [0.3, 0.4) is 0 Å². The van der Waals surface area contributed by atoms with Gasteiger partial charge in [0, 0.05) is 12.1 Å². The van der Waals surface area contributed by atoms with Gasteiger partial charge >= 0.3 is 0 Å². The summed E-state index contributed by atoms with van der Waals surface area (Å²) in [7, 11) is 0. The molecule has 1 aromatic rings. The zero-order chi connectivity index (χ0) is 13.8. The average molecular weight is 273 g/mol. The van der Waals surface area contributed by atoms with Crippen LogP contribution >= 0.6 is 0 Å². The number of rotatable bonds is 3. The van der Waals surface area contributed by atoms with Crippen molar-refractivity contribution in [2.45, 2.75) is 38.1 Å². The molecular formula is C16H19NO3. The van der Waals surface area contributed by atoms with Crippen LogP contribution in [-0.4, -0.2) is 18.7 Å². The molecule has 1 heterocycles. The van der Waals surface area contributed by atoms with Crippen LogP contribution in [0, 0.1) is 0 Å². The molecule has 1 N–H and O–H groups in total. The molecule has 1 aliphatic carbocycles. The number of carbonyl (C=O) groups excluding carboxylic acids is 1. The van der Waals surface area contributed by atoms with Crippen LogP contribution in [-0.2, 0) is 4.79 Å². The van der Waals surface area contributed by atoms with E-state index in [0.29, 0.717) is 6.04 Å². The molecule has 0 aromatic heterocycles. The lowest BCUT2D eigenvalue weighted by atomic mass is 9.95. The van der Waals surface area contributed by atoms with Crippen molar-refractivity contribution in [1.29, 1.82) is 0 Å². The van der Waals surface area contributed by atoms with Gasteiger partial charge in [0.2, 0.25) is 12.7 Å². The van der Waals surface area contributed by atoms with Crippen LogP contribution in [0.25, 0.3) is 6.08 Å². The summed E-state index contributed by atoms with van der Waals surface area (Å²) in [6, 6.07) is 6.00. The van der Waals surface area contributed by atoms with Gasteiger partial charge < -0.3 is 14.8 Å². The molecule has 0 bridgehead atoms. The van der Waals surface area contributed by atoms with Gasteiger partial charge in [-0.3, -0.25) is 4.79 Å². The molecule has 0 saturated heterocycles. The number of nitrogens with one attached hydrogen (secondary N) is 1. The average Bonchev–Trinajstić information content (AvgIpc) is 2.93. The van der Waals surface area contributed by atoms with Crippen LogP contribution < -0.4 is 14.8 Å². The standard InChI is InChI=1S/C16H19NO3/c18-16(17-13-4-2-1-3-5-13)9-7-12-6-8-14-15(10-12)20-11-19-14/h6-10,13H,1-5,11H2,(H,17,18). The van der Waals surface area contributed by atoms with E-state index in [4.69, 9.17) is 9.47 Å². The summed E-state index contributed by atoms with van der Waals surface area (Å²) in [6.45, 7) is 0.269. The zero-order valence-corrected chi connectivity index (χ0v) is 11.4. The Hall–Kier alpha value is -1.97. The van der Waals surface area contributed by atoms with E-state index >= 15 is 0 Å². The first-order valence-electron chi connectivity index (χ1n) is 7.19. The monoisotopic (exact) mass is 273 g/mol. The molecule has 4 nitrogen and oxygen atoms in total. The summed E-state index contributed by atoms with van der Waals surface area (Å²) in [4.78, 5) is 11.9. The normalized spacial score (nSPS) is 18.4. The Bertz CT molecular complexity index is 518. The van der Waals surface area contributed by atoms with Crippen molar-refractivity contribution in [1.82, 2.24) is 5.32 Å². The minimum absolute atomic E-state index is 0.0189. The Kier molecular flexibility index (Phi) is 3.90. The quantitative estimate of drug-likeness (QED) is 0.861. The van der Waals surface area contributed by atoms with Gasteiger partial charge in [0.1, 0.15) is 0 Å². The highest BCUT2D eigenvalue weighted by Gasteiger charge is 2.15. The van der Waals surface area contributed by atoms with Crippen molar-refractivity contribution in [3.8, 4) is 11.5 Å². The maximum atomic E-state index is 11.9. The highest BCUT2D eigenvalue weighted by Crippen LogP contribution is 2.32. The third kappa shape index (κ3) is 3.13. The van der Waals surface area contributed by atoms with Gasteiger partial charge in [0.25, 0.3) is 0 Å². The molecule has 106 valence electrons. The Morgan fingerprint density at radius 2 is 1.95 bits per heavy atom. The molecule has 0 atom stereocenters. The number of benzene rings is 1. The van der Waals surface area contributed by atoms with Crippen LogP contribution in [0.1, 0.15) is 37.7 Å². The lowest BCUT2D eigenvalue weighted by Gasteiger charge is -2.21. The molecule has 1 aliphatic heterocycles. The van der Waals surface area contributed by atoms with Crippen molar-refractivity contribution < 1.29 is 14.3 Å². The maximum Gasteiger partial charge on any atom is 0.244 e. The molecule has 0 radical (unpaired) electrons. The Labute approximate surface area is 118 Å². The second-order valence-electron chi connectivity index (χ2n) is 5.29. The second-order valence-corrected chi connectivity index (χ2v) is 5.29. The number of carbonyl (C=O) groups is 1. The fraction of sp³-hybridized carbons (Fsp3) is 0.438. The molecule has 1 fully saturated rings. The van der Waals surface area contributed by atoms with Gasteiger partial charge in [-0.1, -0.05) is 25.3 Å². The molecular weight excluding hydrogens is 254 g/mol. The van der Waals surface area contributed by atoms with Crippen LogP contribution in [0.15, 0.2) is 24.3 Å². The largest absolute Gasteiger partial charge is 0.454 e. The van der Waals surface area contributed by atoms with Gasteiger partial charge in [-0.15, -0.1) is 0 Å². The molecule has 0 unspecified atom stereocenters. The summed E-state index contributed by atoms with van der Waals surface area (Å²) in [5.41, 5.74) is 0.938. The molecule has 20 heavy (non-hydrogen) atoms. The van der Waals surface area contributed by atoms with Crippen LogP contribution in [0.4, 0.5) is 0 Å². The summed E-state index contributed by atoms with van der Waals surface area (Å²) in [6.07, 6.45) is 9.33. The zero-order valence-electron chi connectivity index (χ0n) is 11.4. The van der Waals surface area contributed by atoms with Crippen molar-refractivity contribution >= 4 is 12.0 Å². The van der Waals surface area contributed by atoms with E-state index in [-0.39, 0.29) is 12.7 Å². The van der Waals surface area contributed by atoms with E-state index in [0.717, 1.165) is 29.9 Å². The molecule has 2 aliphatic rings. The van der Waals surface area contributed by atoms with E-state index in [2.05, 4.69) is 5.32 Å². The van der Waals surface area contributed by atoms with Crippen LogP contribution in [0.5, 0.6) is 11.5 Å². The van der Waals surface area contributed by atoms with Crippen molar-refractivity contribution in [2.24, 2.45) is 0 Å². The molecule has 4 heteroatoms. The van der Waals surface area contributed by atoms with Gasteiger partial charge in [-0.05, 0) is 36.6 Å². The summed E-state index contributed by atoms with van der Waals surface area (Å²) >= 11 is 0. The molecule has 1 amide bonds. The number of amides is 1. The summed E-state index contributed by atoms with van der Waals surface area (Å²) in [5.74, 6) is 1.48. The van der Waals surface area contributed by atoms with E-state index < -0.39 is 0 Å². The predicted octanol–water partition coefficient (Wildman–Crippen LogP) is 2.88. The lowest BCUT2D eigenvalue weighted by molar-refractivity contribution is -0.117. The number of hydrogen-bond donors (Lipinski definition) is 1. The fourth-order valence-electron chi connectivity index (χ4n) is 2.68. The van der Waals surface area contributed by atoms with Crippen LogP contribution in [0.2, 0.25) is 0 Å². The third-order valence-electron chi connectivity index (χ3n) is 3.78. The Morgan fingerprint density at radius 3 is 2.80 bits per heavy atom. The molecule has 0 spiro atoms. The summed E-state index contributed by atoms with van der Waals surface area (Å²) < 4.78 is 10.6. The maximum absolute atomic E-state index is 11.9. The second kappa shape index (κ2) is 5.99. The highest BCUT2D eigenvalue weighted by atomic mass is 16.7. The van der Waals surface area contributed by atoms with E-state index in [1.807, 2.05) is 18.2 Å². The number of fused-ring (bicyclic) bond motifs is 1. The minimum atomic E-state index is -0.0189. The SMILES string of the molecule is O=C(C=Cc1ccc2c(c1)OCO2)NC1CCCCC1. The first-order valence-corrected chi connectivity index (χ1v) is 7.19. The van der Waals surface area contributed by atoms with Crippen molar-refractivity contribution in [3.63, 3.8) is 0 Å². The summed E-state index contributed by atoms with van der Waals surface area (Å²) in [5, 5.41) is 3.06. The Balaban J connectivity index is 1.57. The first-order chi connectivity index (χ1) is 9.81. The third-order valence-corrected chi connectivity index (χ3v) is 3.78. The van der Waals surface area contributed by atoms with Gasteiger partial charge in [-0.2, -0.15) is 0 Å². The topological polar surface area (TPSA) is 47.6 Å². The van der Waals surface area contributed by atoms with E-state index in [9.17, 15) is 4.79 Å². The van der Waals surface area contributed by atoms with E-state index in [1.165, 1.54) is 19.3 Å². The first kappa shape index (κ1) is 13.0. The van der Waals surface area contributed by atoms with Crippen molar-refractivity contribution in [3.05, 3.63) is 29.8 Å². The number of ether oxygens (including phenoxy) is 2. The fourth-order valence-corrected chi connectivity index (χ4v) is 2.68.